The Morgan fingerprint density at radius 2 is 2.20 bits per heavy atom. The van der Waals surface area contributed by atoms with Crippen molar-refractivity contribution < 1.29 is 4.79 Å². The number of amides is 1. The molecule has 1 aromatic carbocycles. The van der Waals surface area contributed by atoms with Crippen LogP contribution in [0.15, 0.2) is 18.2 Å². The van der Waals surface area contributed by atoms with Gasteiger partial charge in [0.25, 0.3) is 0 Å². The van der Waals surface area contributed by atoms with E-state index in [-0.39, 0.29) is 5.91 Å². The van der Waals surface area contributed by atoms with Crippen LogP contribution in [0.4, 0.5) is 11.4 Å². The van der Waals surface area contributed by atoms with E-state index in [1.165, 1.54) is 25.7 Å². The maximum atomic E-state index is 12.2. The van der Waals surface area contributed by atoms with E-state index in [9.17, 15) is 4.79 Å². The molecule has 4 heteroatoms. The Kier molecular flexibility index (Phi) is 5.01. The normalized spacial score (nSPS) is 20.4. The Hall–Kier alpha value is -1.55. The monoisotopic (exact) mass is 275 g/mol. The van der Waals surface area contributed by atoms with Gasteiger partial charge in [-0.25, -0.2) is 0 Å². The first-order chi connectivity index (χ1) is 9.58. The highest BCUT2D eigenvalue weighted by Crippen LogP contribution is 2.21. The van der Waals surface area contributed by atoms with E-state index in [0.717, 1.165) is 17.8 Å². The average molecular weight is 275 g/mol. The van der Waals surface area contributed by atoms with Crippen LogP contribution in [0.2, 0.25) is 0 Å². The summed E-state index contributed by atoms with van der Waals surface area (Å²) >= 11 is 0. The second-order valence-corrected chi connectivity index (χ2v) is 5.74. The van der Waals surface area contributed by atoms with E-state index in [0.29, 0.717) is 18.3 Å². The number of anilines is 2. The first-order valence-corrected chi connectivity index (χ1v) is 7.47. The van der Waals surface area contributed by atoms with Gasteiger partial charge in [0.1, 0.15) is 0 Å². The molecule has 4 nitrogen and oxygen atoms in total. The molecule has 1 atom stereocenters. The molecule has 0 saturated carbocycles. The molecule has 3 N–H and O–H groups in total. The van der Waals surface area contributed by atoms with Crippen molar-refractivity contribution in [2.45, 2.75) is 45.6 Å². The van der Waals surface area contributed by atoms with Crippen molar-refractivity contribution >= 4 is 17.3 Å². The lowest BCUT2D eigenvalue weighted by molar-refractivity contribution is -0.117. The van der Waals surface area contributed by atoms with Gasteiger partial charge in [0.15, 0.2) is 0 Å². The van der Waals surface area contributed by atoms with E-state index in [2.05, 4.69) is 17.1 Å². The summed E-state index contributed by atoms with van der Waals surface area (Å²) < 4.78 is 0. The highest BCUT2D eigenvalue weighted by atomic mass is 16.2. The summed E-state index contributed by atoms with van der Waals surface area (Å²) in [6.45, 7) is 5.63. The zero-order valence-electron chi connectivity index (χ0n) is 12.5. The third-order valence-corrected chi connectivity index (χ3v) is 4.19. The molecule has 1 amide bonds. The van der Waals surface area contributed by atoms with Crippen LogP contribution in [0.25, 0.3) is 0 Å². The summed E-state index contributed by atoms with van der Waals surface area (Å²) in [6.07, 6.45) is 4.92. The number of hydrogen-bond donors (Lipinski definition) is 2. The number of likely N-dealkylation sites (tertiary alicyclic amines) is 1. The molecule has 1 aromatic rings. The summed E-state index contributed by atoms with van der Waals surface area (Å²) in [7, 11) is 0. The van der Waals surface area contributed by atoms with Crippen molar-refractivity contribution in [1.82, 2.24) is 4.90 Å². The third-order valence-electron chi connectivity index (χ3n) is 4.19. The Balaban J connectivity index is 1.96. The predicted molar refractivity (Wildman–Crippen MR) is 83.7 cm³/mol. The van der Waals surface area contributed by atoms with Crippen LogP contribution in [-0.4, -0.2) is 29.9 Å². The van der Waals surface area contributed by atoms with Gasteiger partial charge in [-0.1, -0.05) is 18.9 Å². The topological polar surface area (TPSA) is 58.4 Å². The zero-order chi connectivity index (χ0) is 14.5. The summed E-state index contributed by atoms with van der Waals surface area (Å²) in [4.78, 5) is 14.5. The van der Waals surface area contributed by atoms with Gasteiger partial charge in [0.05, 0.1) is 6.54 Å². The largest absolute Gasteiger partial charge is 0.398 e. The molecule has 1 fully saturated rings. The average Bonchev–Trinajstić information content (AvgIpc) is 2.61. The first-order valence-electron chi connectivity index (χ1n) is 7.47. The van der Waals surface area contributed by atoms with Crippen LogP contribution in [-0.2, 0) is 4.79 Å². The van der Waals surface area contributed by atoms with Gasteiger partial charge in [0, 0.05) is 17.4 Å². The number of nitrogen functional groups attached to an aromatic ring is 1. The van der Waals surface area contributed by atoms with Crippen LogP contribution in [0, 0.1) is 6.92 Å². The number of carbonyl (C=O) groups excluding carboxylic acids is 1. The molecule has 110 valence electrons. The standard InChI is InChI=1S/C16H25N3O/c1-12-7-4-3-5-10-19(12)11-16(20)18-15-9-6-8-14(17)13(15)2/h6,8-9,12H,3-5,7,10-11,17H2,1-2H3,(H,18,20). The quantitative estimate of drug-likeness (QED) is 0.834. The van der Waals surface area contributed by atoms with Gasteiger partial charge >= 0.3 is 0 Å². The van der Waals surface area contributed by atoms with Crippen LogP contribution >= 0.6 is 0 Å². The molecule has 2 rings (SSSR count). The molecule has 0 aromatic heterocycles. The lowest BCUT2D eigenvalue weighted by Gasteiger charge is -2.26. The Morgan fingerprint density at radius 1 is 1.40 bits per heavy atom. The maximum Gasteiger partial charge on any atom is 0.238 e. The number of benzene rings is 1. The Morgan fingerprint density at radius 3 is 3.00 bits per heavy atom. The second-order valence-electron chi connectivity index (χ2n) is 5.74. The SMILES string of the molecule is Cc1c(N)cccc1NC(=O)CN1CCCCCC1C. The number of carbonyl (C=O) groups is 1. The molecule has 1 unspecified atom stereocenters. The van der Waals surface area contributed by atoms with Crippen LogP contribution in [0.5, 0.6) is 0 Å². The summed E-state index contributed by atoms with van der Waals surface area (Å²) in [6, 6.07) is 6.11. The van der Waals surface area contributed by atoms with E-state index in [4.69, 9.17) is 5.73 Å². The van der Waals surface area contributed by atoms with Crippen LogP contribution in [0.1, 0.15) is 38.2 Å². The lowest BCUT2D eigenvalue weighted by atomic mass is 10.1. The van der Waals surface area contributed by atoms with Crippen molar-refractivity contribution in [3.8, 4) is 0 Å². The fourth-order valence-electron chi connectivity index (χ4n) is 2.73. The number of nitrogens with one attached hydrogen (secondary N) is 1. The fraction of sp³-hybridized carbons (Fsp3) is 0.562. The zero-order valence-corrected chi connectivity index (χ0v) is 12.5. The Labute approximate surface area is 121 Å². The van der Waals surface area contributed by atoms with Gasteiger partial charge in [0.2, 0.25) is 5.91 Å². The number of rotatable bonds is 3. The van der Waals surface area contributed by atoms with Gasteiger partial charge < -0.3 is 11.1 Å². The van der Waals surface area contributed by atoms with Crippen molar-refractivity contribution in [2.75, 3.05) is 24.1 Å². The van der Waals surface area contributed by atoms with Crippen molar-refractivity contribution in [2.24, 2.45) is 0 Å². The molecule has 0 bridgehead atoms. The molecule has 0 spiro atoms. The molecule has 1 aliphatic rings. The molecule has 1 saturated heterocycles. The summed E-state index contributed by atoms with van der Waals surface area (Å²) in [5.41, 5.74) is 8.33. The van der Waals surface area contributed by atoms with Crippen LogP contribution < -0.4 is 11.1 Å². The van der Waals surface area contributed by atoms with Gasteiger partial charge in [-0.3, -0.25) is 9.69 Å². The lowest BCUT2D eigenvalue weighted by Crippen LogP contribution is -2.39. The van der Waals surface area contributed by atoms with Gasteiger partial charge in [-0.15, -0.1) is 0 Å². The van der Waals surface area contributed by atoms with Crippen LogP contribution in [0.3, 0.4) is 0 Å². The minimum atomic E-state index is 0.0486. The number of hydrogen-bond acceptors (Lipinski definition) is 3. The number of nitrogens with two attached hydrogens (primary N) is 1. The summed E-state index contributed by atoms with van der Waals surface area (Å²) in [5, 5.41) is 2.98. The number of nitrogens with zero attached hydrogens (tertiary/aromatic N) is 1. The third kappa shape index (κ3) is 3.73. The van der Waals surface area contributed by atoms with E-state index in [1.807, 2.05) is 25.1 Å². The van der Waals surface area contributed by atoms with Gasteiger partial charge in [-0.2, -0.15) is 0 Å². The van der Waals surface area contributed by atoms with Crippen molar-refractivity contribution in [3.63, 3.8) is 0 Å². The van der Waals surface area contributed by atoms with E-state index < -0.39 is 0 Å². The molecular weight excluding hydrogens is 250 g/mol. The minimum absolute atomic E-state index is 0.0486. The molecule has 0 aliphatic carbocycles. The minimum Gasteiger partial charge on any atom is -0.398 e. The van der Waals surface area contributed by atoms with E-state index in [1.54, 1.807) is 0 Å². The highest BCUT2D eigenvalue weighted by Gasteiger charge is 2.19. The highest BCUT2D eigenvalue weighted by molar-refractivity contribution is 5.93. The molecule has 20 heavy (non-hydrogen) atoms. The Bertz CT molecular complexity index is 473. The maximum absolute atomic E-state index is 12.2. The first kappa shape index (κ1) is 14.9. The molecule has 0 radical (unpaired) electrons. The summed E-state index contributed by atoms with van der Waals surface area (Å²) in [5.74, 6) is 0.0486. The predicted octanol–water partition coefficient (Wildman–Crippen LogP) is 2.78. The van der Waals surface area contributed by atoms with E-state index >= 15 is 0 Å². The molecule has 1 aliphatic heterocycles. The van der Waals surface area contributed by atoms with Crippen molar-refractivity contribution in [1.29, 1.82) is 0 Å². The van der Waals surface area contributed by atoms with Gasteiger partial charge in [-0.05, 0) is 50.9 Å². The molecular formula is C16H25N3O. The fourth-order valence-corrected chi connectivity index (χ4v) is 2.73. The van der Waals surface area contributed by atoms with Crippen molar-refractivity contribution in [3.05, 3.63) is 23.8 Å². The second kappa shape index (κ2) is 6.75. The molecule has 1 heterocycles. The smallest absolute Gasteiger partial charge is 0.238 e.